The van der Waals surface area contributed by atoms with Crippen molar-refractivity contribution in [2.24, 2.45) is 5.92 Å². The molecule has 0 saturated heterocycles. The van der Waals surface area contributed by atoms with Gasteiger partial charge in [-0.05, 0) is 12.3 Å². The number of unbranched alkanes of at least 4 members (excludes halogenated alkanes) is 1. The SMILES string of the molecule is O=C(O)c1cnc(C(=O)NCCCCC2CCCC2)cn1. The molecule has 1 amide bonds. The van der Waals surface area contributed by atoms with Crippen LogP contribution in [0.4, 0.5) is 0 Å². The fourth-order valence-electron chi connectivity index (χ4n) is 2.71. The molecule has 0 spiro atoms. The van der Waals surface area contributed by atoms with Crippen molar-refractivity contribution in [1.82, 2.24) is 15.3 Å². The molecule has 114 valence electrons. The predicted octanol–water partition coefficient (Wildman–Crippen LogP) is 2.27. The Morgan fingerprint density at radius 1 is 1.14 bits per heavy atom. The van der Waals surface area contributed by atoms with Gasteiger partial charge < -0.3 is 10.4 Å². The summed E-state index contributed by atoms with van der Waals surface area (Å²) < 4.78 is 0. The molecule has 1 aliphatic carbocycles. The van der Waals surface area contributed by atoms with E-state index < -0.39 is 5.97 Å². The van der Waals surface area contributed by atoms with Gasteiger partial charge in [0.25, 0.3) is 5.91 Å². The van der Waals surface area contributed by atoms with Gasteiger partial charge in [-0.15, -0.1) is 0 Å². The molecule has 21 heavy (non-hydrogen) atoms. The summed E-state index contributed by atoms with van der Waals surface area (Å²) in [7, 11) is 0. The number of nitrogens with zero attached hydrogens (tertiary/aromatic N) is 2. The molecule has 0 atom stereocenters. The van der Waals surface area contributed by atoms with Crippen LogP contribution in [0.15, 0.2) is 12.4 Å². The van der Waals surface area contributed by atoms with Gasteiger partial charge in [0.2, 0.25) is 0 Å². The number of hydrogen-bond acceptors (Lipinski definition) is 4. The number of aromatic nitrogens is 2. The van der Waals surface area contributed by atoms with E-state index in [0.29, 0.717) is 6.54 Å². The monoisotopic (exact) mass is 291 g/mol. The zero-order chi connectivity index (χ0) is 15.1. The minimum atomic E-state index is -1.15. The summed E-state index contributed by atoms with van der Waals surface area (Å²) in [5.41, 5.74) is -0.0149. The number of carboxylic acids is 1. The quantitative estimate of drug-likeness (QED) is 0.752. The first-order valence-corrected chi connectivity index (χ1v) is 7.50. The molecule has 0 bridgehead atoms. The number of rotatable bonds is 7. The van der Waals surface area contributed by atoms with Crippen molar-refractivity contribution < 1.29 is 14.7 Å². The van der Waals surface area contributed by atoms with E-state index in [2.05, 4.69) is 15.3 Å². The molecule has 0 aliphatic heterocycles. The van der Waals surface area contributed by atoms with Crippen LogP contribution < -0.4 is 5.32 Å². The molecule has 1 fully saturated rings. The summed E-state index contributed by atoms with van der Waals surface area (Å²) in [6, 6.07) is 0. The van der Waals surface area contributed by atoms with Gasteiger partial charge in [-0.1, -0.05) is 38.5 Å². The highest BCUT2D eigenvalue weighted by Crippen LogP contribution is 2.28. The van der Waals surface area contributed by atoms with E-state index in [9.17, 15) is 9.59 Å². The van der Waals surface area contributed by atoms with Crippen LogP contribution in [-0.4, -0.2) is 33.5 Å². The number of carboxylic acid groups (broad SMARTS) is 1. The summed E-state index contributed by atoms with van der Waals surface area (Å²) in [6.45, 7) is 0.619. The normalized spacial score (nSPS) is 15.0. The summed E-state index contributed by atoms with van der Waals surface area (Å²) in [5.74, 6) is -0.572. The Hall–Kier alpha value is -1.98. The lowest BCUT2D eigenvalue weighted by atomic mass is 10.0. The third-order valence-electron chi connectivity index (χ3n) is 3.90. The van der Waals surface area contributed by atoms with E-state index in [1.165, 1.54) is 38.3 Å². The van der Waals surface area contributed by atoms with E-state index in [0.717, 1.165) is 25.0 Å². The maximum absolute atomic E-state index is 11.8. The average Bonchev–Trinajstić information content (AvgIpc) is 3.00. The summed E-state index contributed by atoms with van der Waals surface area (Å²) in [5, 5.41) is 11.5. The van der Waals surface area contributed by atoms with Gasteiger partial charge in [0, 0.05) is 6.54 Å². The Bertz CT molecular complexity index is 481. The molecule has 6 nitrogen and oxygen atoms in total. The van der Waals surface area contributed by atoms with Gasteiger partial charge >= 0.3 is 5.97 Å². The lowest BCUT2D eigenvalue weighted by molar-refractivity contribution is 0.0689. The number of hydrogen-bond donors (Lipinski definition) is 2. The Morgan fingerprint density at radius 3 is 2.43 bits per heavy atom. The number of amides is 1. The van der Waals surface area contributed by atoms with E-state index in [4.69, 9.17) is 5.11 Å². The number of nitrogens with one attached hydrogen (secondary N) is 1. The van der Waals surface area contributed by atoms with Crippen LogP contribution in [0.5, 0.6) is 0 Å². The fourth-order valence-corrected chi connectivity index (χ4v) is 2.71. The van der Waals surface area contributed by atoms with Crippen molar-refractivity contribution in [3.05, 3.63) is 23.8 Å². The topological polar surface area (TPSA) is 92.2 Å². The molecule has 1 aromatic rings. The highest BCUT2D eigenvalue weighted by atomic mass is 16.4. The molecular formula is C15H21N3O3. The second-order valence-electron chi connectivity index (χ2n) is 5.49. The standard InChI is InChI=1S/C15H21N3O3/c19-14(12-9-18-13(10-17-12)15(20)21)16-8-4-3-7-11-5-1-2-6-11/h9-11H,1-8H2,(H,16,19)(H,20,21). The zero-order valence-electron chi connectivity index (χ0n) is 12.0. The number of carbonyl (C=O) groups is 2. The van der Waals surface area contributed by atoms with Crippen LogP contribution >= 0.6 is 0 Å². The van der Waals surface area contributed by atoms with Gasteiger partial charge in [0.15, 0.2) is 5.69 Å². The average molecular weight is 291 g/mol. The number of aromatic carboxylic acids is 1. The first kappa shape index (κ1) is 15.4. The van der Waals surface area contributed by atoms with Crippen molar-refractivity contribution in [2.75, 3.05) is 6.54 Å². The minimum Gasteiger partial charge on any atom is -0.476 e. The molecule has 0 aromatic carbocycles. The zero-order valence-corrected chi connectivity index (χ0v) is 12.0. The van der Waals surface area contributed by atoms with E-state index in [1.54, 1.807) is 0 Å². The predicted molar refractivity (Wildman–Crippen MR) is 77.1 cm³/mol. The van der Waals surface area contributed by atoms with E-state index >= 15 is 0 Å². The molecule has 2 rings (SSSR count). The highest BCUT2D eigenvalue weighted by molar-refractivity contribution is 5.92. The Morgan fingerprint density at radius 2 is 1.81 bits per heavy atom. The largest absolute Gasteiger partial charge is 0.476 e. The molecule has 0 unspecified atom stereocenters. The van der Waals surface area contributed by atoms with Crippen LogP contribution in [-0.2, 0) is 0 Å². The Labute approximate surface area is 124 Å². The number of carbonyl (C=O) groups excluding carboxylic acids is 1. The molecule has 1 aromatic heterocycles. The van der Waals surface area contributed by atoms with E-state index in [-0.39, 0.29) is 17.3 Å². The molecule has 2 N–H and O–H groups in total. The molecule has 1 aliphatic rings. The third-order valence-corrected chi connectivity index (χ3v) is 3.90. The lowest BCUT2D eigenvalue weighted by Gasteiger charge is -2.08. The molecular weight excluding hydrogens is 270 g/mol. The maximum Gasteiger partial charge on any atom is 0.356 e. The summed E-state index contributed by atoms with van der Waals surface area (Å²) >= 11 is 0. The van der Waals surface area contributed by atoms with Crippen LogP contribution in [0.1, 0.15) is 65.9 Å². The van der Waals surface area contributed by atoms with Gasteiger partial charge in [0.1, 0.15) is 5.69 Å². The maximum atomic E-state index is 11.8. The molecule has 6 heteroatoms. The van der Waals surface area contributed by atoms with Crippen LogP contribution in [0.25, 0.3) is 0 Å². The van der Waals surface area contributed by atoms with Gasteiger partial charge in [0.05, 0.1) is 12.4 Å². The van der Waals surface area contributed by atoms with Crippen molar-refractivity contribution in [1.29, 1.82) is 0 Å². The Kier molecular flexibility index (Phi) is 5.66. The van der Waals surface area contributed by atoms with Crippen molar-refractivity contribution in [2.45, 2.75) is 44.9 Å². The third kappa shape index (κ3) is 4.81. The molecule has 0 radical (unpaired) electrons. The smallest absolute Gasteiger partial charge is 0.356 e. The van der Waals surface area contributed by atoms with Gasteiger partial charge in [-0.2, -0.15) is 0 Å². The van der Waals surface area contributed by atoms with Crippen LogP contribution in [0.3, 0.4) is 0 Å². The molecule has 1 saturated carbocycles. The first-order valence-electron chi connectivity index (χ1n) is 7.50. The Balaban J connectivity index is 1.65. The van der Waals surface area contributed by atoms with Crippen molar-refractivity contribution in [3.63, 3.8) is 0 Å². The fraction of sp³-hybridized carbons (Fsp3) is 0.600. The summed E-state index contributed by atoms with van der Waals surface area (Å²) in [6.07, 6.45) is 11.1. The molecule has 1 heterocycles. The highest BCUT2D eigenvalue weighted by Gasteiger charge is 2.14. The van der Waals surface area contributed by atoms with Crippen molar-refractivity contribution in [3.8, 4) is 0 Å². The van der Waals surface area contributed by atoms with Crippen LogP contribution in [0, 0.1) is 5.92 Å². The second kappa shape index (κ2) is 7.71. The second-order valence-corrected chi connectivity index (χ2v) is 5.49. The minimum absolute atomic E-state index is 0.149. The van der Waals surface area contributed by atoms with Crippen LogP contribution in [0.2, 0.25) is 0 Å². The van der Waals surface area contributed by atoms with Gasteiger partial charge in [-0.3, -0.25) is 4.79 Å². The lowest BCUT2D eigenvalue weighted by Crippen LogP contribution is -2.25. The summed E-state index contributed by atoms with van der Waals surface area (Å²) in [4.78, 5) is 29.9. The van der Waals surface area contributed by atoms with E-state index in [1.807, 2.05) is 0 Å². The first-order chi connectivity index (χ1) is 10.2. The van der Waals surface area contributed by atoms with Crippen molar-refractivity contribution >= 4 is 11.9 Å². The van der Waals surface area contributed by atoms with Gasteiger partial charge in [-0.25, -0.2) is 14.8 Å².